The lowest BCUT2D eigenvalue weighted by atomic mass is 10.3. The Labute approximate surface area is 136 Å². The topological polar surface area (TPSA) is 20.7 Å². The number of H-pyrrole nitrogens is 1. The van der Waals surface area contributed by atoms with Gasteiger partial charge in [0.05, 0.1) is 16.7 Å². The summed E-state index contributed by atoms with van der Waals surface area (Å²) < 4.78 is 4.54. The number of hydrogen-bond acceptors (Lipinski definition) is 1. The van der Waals surface area contributed by atoms with Crippen LogP contribution in [0.3, 0.4) is 0 Å². The van der Waals surface area contributed by atoms with Crippen LogP contribution in [0.15, 0.2) is 45.3 Å². The van der Waals surface area contributed by atoms with Crippen molar-refractivity contribution < 1.29 is 0 Å². The molecule has 0 fully saturated rings. The van der Waals surface area contributed by atoms with E-state index >= 15 is 0 Å². The first-order valence-electron chi connectivity index (χ1n) is 5.42. The smallest absolute Gasteiger partial charge is 0.182 e. The van der Waals surface area contributed by atoms with E-state index in [1.807, 2.05) is 41.0 Å². The van der Waals surface area contributed by atoms with Crippen LogP contribution in [-0.2, 0) is 0 Å². The SMILES string of the molecule is S=c1[nH]c2ccc(Br)cc2n1-c1cc(Cl)ccc1Br. The lowest BCUT2D eigenvalue weighted by Crippen LogP contribution is -1.95. The minimum atomic E-state index is 0.635. The van der Waals surface area contributed by atoms with Crippen molar-refractivity contribution in [2.75, 3.05) is 0 Å². The van der Waals surface area contributed by atoms with Crippen LogP contribution in [0.4, 0.5) is 0 Å². The molecule has 1 heterocycles. The first-order valence-corrected chi connectivity index (χ1v) is 7.79. The van der Waals surface area contributed by atoms with Gasteiger partial charge in [-0.25, -0.2) is 0 Å². The van der Waals surface area contributed by atoms with Crippen molar-refractivity contribution in [3.05, 3.63) is 55.1 Å². The van der Waals surface area contributed by atoms with Gasteiger partial charge in [0.1, 0.15) is 0 Å². The third-order valence-electron chi connectivity index (χ3n) is 2.79. The molecular weight excluding hydrogens is 411 g/mol. The zero-order valence-electron chi connectivity index (χ0n) is 9.45. The number of benzene rings is 2. The first kappa shape index (κ1) is 13.4. The fraction of sp³-hybridized carbons (Fsp3) is 0. The van der Waals surface area contributed by atoms with Crippen molar-refractivity contribution in [1.82, 2.24) is 9.55 Å². The Morgan fingerprint density at radius 3 is 2.68 bits per heavy atom. The molecule has 0 spiro atoms. The molecule has 0 radical (unpaired) electrons. The van der Waals surface area contributed by atoms with Crippen LogP contribution < -0.4 is 0 Å². The summed E-state index contributed by atoms with van der Waals surface area (Å²) in [5, 5.41) is 0.671. The third kappa shape index (κ3) is 2.40. The van der Waals surface area contributed by atoms with Gasteiger partial charge in [0, 0.05) is 14.0 Å². The Morgan fingerprint density at radius 2 is 1.89 bits per heavy atom. The summed E-state index contributed by atoms with van der Waals surface area (Å²) in [5.74, 6) is 0. The van der Waals surface area contributed by atoms with Gasteiger partial charge in [-0.1, -0.05) is 27.5 Å². The normalized spacial score (nSPS) is 11.1. The van der Waals surface area contributed by atoms with Crippen molar-refractivity contribution in [3.8, 4) is 5.69 Å². The van der Waals surface area contributed by atoms with E-state index in [0.717, 1.165) is 25.7 Å². The molecule has 2 nitrogen and oxygen atoms in total. The van der Waals surface area contributed by atoms with E-state index in [0.29, 0.717) is 9.79 Å². The van der Waals surface area contributed by atoms with Crippen LogP contribution in [0.1, 0.15) is 0 Å². The quantitative estimate of drug-likeness (QED) is 0.491. The zero-order chi connectivity index (χ0) is 13.6. The van der Waals surface area contributed by atoms with Crippen molar-refractivity contribution in [1.29, 1.82) is 0 Å². The summed E-state index contributed by atoms with van der Waals surface area (Å²) in [5.41, 5.74) is 2.91. The molecule has 19 heavy (non-hydrogen) atoms. The second kappa shape index (κ2) is 5.05. The summed E-state index contributed by atoms with van der Waals surface area (Å²) >= 11 is 18.5. The van der Waals surface area contributed by atoms with E-state index < -0.39 is 0 Å². The van der Waals surface area contributed by atoms with Gasteiger partial charge in [0.15, 0.2) is 4.77 Å². The Balaban J connectivity index is 2.42. The Morgan fingerprint density at radius 1 is 1.11 bits per heavy atom. The third-order valence-corrected chi connectivity index (χ3v) is 4.48. The standard InChI is InChI=1S/C13H7Br2ClN2S/c14-7-1-4-10-12(5-7)18(13(19)17-10)11-6-8(16)2-3-9(11)15/h1-6H,(H,17,19). The maximum Gasteiger partial charge on any atom is 0.182 e. The van der Waals surface area contributed by atoms with Crippen LogP contribution in [-0.4, -0.2) is 9.55 Å². The summed E-state index contributed by atoms with van der Waals surface area (Å²) in [6.07, 6.45) is 0. The van der Waals surface area contributed by atoms with Gasteiger partial charge >= 0.3 is 0 Å². The van der Waals surface area contributed by atoms with E-state index in [9.17, 15) is 0 Å². The molecule has 3 rings (SSSR count). The van der Waals surface area contributed by atoms with Crippen molar-refractivity contribution >= 4 is 66.7 Å². The highest BCUT2D eigenvalue weighted by Gasteiger charge is 2.10. The molecule has 0 atom stereocenters. The van der Waals surface area contributed by atoms with Crippen molar-refractivity contribution in [2.45, 2.75) is 0 Å². The Bertz CT molecular complexity index is 838. The molecule has 2 aromatic carbocycles. The molecule has 0 amide bonds. The van der Waals surface area contributed by atoms with Crippen LogP contribution in [0.25, 0.3) is 16.7 Å². The summed E-state index contributed by atoms with van der Waals surface area (Å²) in [4.78, 5) is 3.19. The van der Waals surface area contributed by atoms with Gasteiger partial charge in [-0.15, -0.1) is 0 Å². The molecule has 96 valence electrons. The number of aromatic amines is 1. The minimum absolute atomic E-state index is 0.635. The molecule has 0 aliphatic heterocycles. The average molecular weight is 419 g/mol. The number of nitrogens with one attached hydrogen (secondary N) is 1. The van der Waals surface area contributed by atoms with Gasteiger partial charge in [0.2, 0.25) is 0 Å². The molecule has 0 unspecified atom stereocenters. The van der Waals surface area contributed by atoms with Crippen LogP contribution in [0.2, 0.25) is 5.02 Å². The molecule has 6 heteroatoms. The summed E-state index contributed by atoms with van der Waals surface area (Å²) in [7, 11) is 0. The van der Waals surface area contributed by atoms with Crippen molar-refractivity contribution in [3.63, 3.8) is 0 Å². The largest absolute Gasteiger partial charge is 0.330 e. The number of aromatic nitrogens is 2. The number of halogens is 3. The highest BCUT2D eigenvalue weighted by Crippen LogP contribution is 2.29. The van der Waals surface area contributed by atoms with Gasteiger partial charge in [-0.05, 0) is 64.5 Å². The van der Waals surface area contributed by atoms with Gasteiger partial charge < -0.3 is 4.98 Å². The van der Waals surface area contributed by atoms with Crippen LogP contribution in [0, 0.1) is 4.77 Å². The van der Waals surface area contributed by atoms with Gasteiger partial charge in [-0.2, -0.15) is 0 Å². The fourth-order valence-electron chi connectivity index (χ4n) is 1.97. The molecule has 0 aliphatic carbocycles. The second-order valence-electron chi connectivity index (χ2n) is 4.02. The van der Waals surface area contributed by atoms with E-state index in [4.69, 9.17) is 23.8 Å². The molecule has 1 aromatic heterocycles. The predicted octanol–water partition coefficient (Wildman–Crippen LogP) is 5.87. The van der Waals surface area contributed by atoms with Gasteiger partial charge in [-0.3, -0.25) is 4.57 Å². The summed E-state index contributed by atoms with van der Waals surface area (Å²) in [6, 6.07) is 11.6. The molecular formula is C13H7Br2ClN2S. The summed E-state index contributed by atoms with van der Waals surface area (Å²) in [6.45, 7) is 0. The minimum Gasteiger partial charge on any atom is -0.330 e. The highest BCUT2D eigenvalue weighted by molar-refractivity contribution is 9.10. The molecule has 3 aromatic rings. The van der Waals surface area contributed by atoms with Crippen molar-refractivity contribution in [2.24, 2.45) is 0 Å². The number of hydrogen-bond donors (Lipinski definition) is 1. The molecule has 0 saturated carbocycles. The Kier molecular flexibility index (Phi) is 3.55. The van der Waals surface area contributed by atoms with E-state index in [2.05, 4.69) is 36.8 Å². The maximum absolute atomic E-state index is 6.08. The zero-order valence-corrected chi connectivity index (χ0v) is 14.2. The second-order valence-corrected chi connectivity index (χ2v) is 6.62. The molecule has 0 saturated heterocycles. The highest BCUT2D eigenvalue weighted by atomic mass is 79.9. The molecule has 1 N–H and O–H groups in total. The molecule has 0 bridgehead atoms. The molecule has 0 aliphatic rings. The number of fused-ring (bicyclic) bond motifs is 1. The van der Waals surface area contributed by atoms with E-state index in [-0.39, 0.29) is 0 Å². The Hall–Kier alpha value is -0.620. The maximum atomic E-state index is 6.08. The first-order chi connectivity index (χ1) is 9.06. The van der Waals surface area contributed by atoms with Crippen LogP contribution in [0.5, 0.6) is 0 Å². The lowest BCUT2D eigenvalue weighted by molar-refractivity contribution is 1.06. The van der Waals surface area contributed by atoms with Gasteiger partial charge in [0.25, 0.3) is 0 Å². The predicted molar refractivity (Wildman–Crippen MR) is 88.9 cm³/mol. The number of imidazole rings is 1. The monoisotopic (exact) mass is 416 g/mol. The van der Waals surface area contributed by atoms with Crippen LogP contribution >= 0.6 is 55.7 Å². The number of nitrogens with zero attached hydrogens (tertiary/aromatic N) is 1. The lowest BCUT2D eigenvalue weighted by Gasteiger charge is -2.08. The average Bonchev–Trinajstić information content (AvgIpc) is 2.68. The van der Waals surface area contributed by atoms with E-state index in [1.165, 1.54) is 0 Å². The number of rotatable bonds is 1. The fourth-order valence-corrected chi connectivity index (χ4v) is 3.22. The van der Waals surface area contributed by atoms with E-state index in [1.54, 1.807) is 0 Å².